The first-order valence-corrected chi connectivity index (χ1v) is 6.62. The lowest BCUT2D eigenvalue weighted by atomic mass is 9.97. The van der Waals surface area contributed by atoms with Crippen LogP contribution in [0.15, 0.2) is 17.1 Å². The van der Waals surface area contributed by atoms with Crippen LogP contribution < -0.4 is 9.47 Å². The number of aliphatic imine (C=N–C) groups is 1. The Morgan fingerprint density at radius 3 is 2.89 bits per heavy atom. The van der Waals surface area contributed by atoms with E-state index < -0.39 is 0 Å². The van der Waals surface area contributed by atoms with Crippen LogP contribution in [0.2, 0.25) is 0 Å². The molecule has 0 radical (unpaired) electrons. The van der Waals surface area contributed by atoms with Crippen LogP contribution in [0, 0.1) is 0 Å². The van der Waals surface area contributed by atoms with Crippen LogP contribution in [0.25, 0.3) is 0 Å². The van der Waals surface area contributed by atoms with Crippen molar-refractivity contribution in [2.75, 3.05) is 20.3 Å². The second-order valence-corrected chi connectivity index (χ2v) is 4.54. The van der Waals surface area contributed by atoms with Gasteiger partial charge in [-0.3, -0.25) is 4.99 Å². The molecule has 0 amide bonds. The Bertz CT molecular complexity index is 452. The standard InChI is InChI=1S/C15H21NO2/c1-4-5-10-18-15-13-8-9-16-11(2)12(13)6-7-14(15)17-3/h6-7H,4-5,8-10H2,1-3H3. The highest BCUT2D eigenvalue weighted by Crippen LogP contribution is 2.36. The number of benzene rings is 1. The molecular weight excluding hydrogens is 226 g/mol. The number of nitrogens with zero attached hydrogens (tertiary/aromatic N) is 1. The highest BCUT2D eigenvalue weighted by molar-refractivity contribution is 6.01. The van der Waals surface area contributed by atoms with Gasteiger partial charge in [-0.15, -0.1) is 0 Å². The number of methoxy groups -OCH3 is 1. The quantitative estimate of drug-likeness (QED) is 0.748. The monoisotopic (exact) mass is 247 g/mol. The van der Waals surface area contributed by atoms with Crippen LogP contribution in [0.4, 0.5) is 0 Å². The minimum atomic E-state index is 0.750. The Morgan fingerprint density at radius 1 is 1.33 bits per heavy atom. The zero-order valence-corrected chi connectivity index (χ0v) is 11.5. The maximum Gasteiger partial charge on any atom is 0.165 e. The molecule has 0 aliphatic carbocycles. The molecule has 1 heterocycles. The van der Waals surface area contributed by atoms with Gasteiger partial charge in [0.25, 0.3) is 0 Å². The molecule has 1 aromatic carbocycles. The van der Waals surface area contributed by atoms with E-state index in [0.29, 0.717) is 0 Å². The first-order valence-electron chi connectivity index (χ1n) is 6.62. The van der Waals surface area contributed by atoms with Crippen molar-refractivity contribution in [2.24, 2.45) is 4.99 Å². The SMILES string of the molecule is CCCCOc1c(OC)ccc2c1CCN=C2C. The third-order valence-corrected chi connectivity index (χ3v) is 3.29. The largest absolute Gasteiger partial charge is 0.493 e. The summed E-state index contributed by atoms with van der Waals surface area (Å²) in [7, 11) is 1.69. The van der Waals surface area contributed by atoms with Crippen molar-refractivity contribution >= 4 is 5.71 Å². The van der Waals surface area contributed by atoms with E-state index in [0.717, 1.165) is 49.6 Å². The fraction of sp³-hybridized carbons (Fsp3) is 0.533. The normalized spacial score (nSPS) is 13.8. The summed E-state index contributed by atoms with van der Waals surface area (Å²) in [6.07, 6.45) is 3.14. The zero-order chi connectivity index (χ0) is 13.0. The second kappa shape index (κ2) is 5.89. The maximum absolute atomic E-state index is 5.94. The summed E-state index contributed by atoms with van der Waals surface area (Å²) >= 11 is 0. The van der Waals surface area contributed by atoms with Crippen LogP contribution in [0.3, 0.4) is 0 Å². The van der Waals surface area contributed by atoms with Crippen molar-refractivity contribution in [3.05, 3.63) is 23.3 Å². The van der Waals surface area contributed by atoms with Crippen molar-refractivity contribution in [3.63, 3.8) is 0 Å². The van der Waals surface area contributed by atoms with E-state index in [1.54, 1.807) is 7.11 Å². The molecule has 0 saturated heterocycles. The van der Waals surface area contributed by atoms with E-state index in [1.165, 1.54) is 11.1 Å². The predicted molar refractivity (Wildman–Crippen MR) is 74.2 cm³/mol. The highest BCUT2D eigenvalue weighted by atomic mass is 16.5. The molecule has 0 fully saturated rings. The second-order valence-electron chi connectivity index (χ2n) is 4.54. The van der Waals surface area contributed by atoms with Crippen LogP contribution in [-0.4, -0.2) is 26.0 Å². The summed E-state index contributed by atoms with van der Waals surface area (Å²) in [5.41, 5.74) is 3.55. The number of fused-ring (bicyclic) bond motifs is 1. The van der Waals surface area contributed by atoms with E-state index in [1.807, 2.05) is 6.07 Å². The lowest BCUT2D eigenvalue weighted by Crippen LogP contribution is -2.13. The Hall–Kier alpha value is -1.51. The summed E-state index contributed by atoms with van der Waals surface area (Å²) in [6.45, 7) is 5.81. The average Bonchev–Trinajstić information content (AvgIpc) is 2.39. The first kappa shape index (κ1) is 12.9. The van der Waals surface area contributed by atoms with Gasteiger partial charge in [0.15, 0.2) is 11.5 Å². The molecule has 0 atom stereocenters. The molecule has 1 aliphatic rings. The van der Waals surface area contributed by atoms with E-state index >= 15 is 0 Å². The van der Waals surface area contributed by atoms with Gasteiger partial charge in [0.1, 0.15) is 0 Å². The smallest absolute Gasteiger partial charge is 0.165 e. The molecule has 0 spiro atoms. The van der Waals surface area contributed by atoms with E-state index in [4.69, 9.17) is 9.47 Å². The third kappa shape index (κ3) is 2.50. The van der Waals surface area contributed by atoms with E-state index in [2.05, 4.69) is 24.9 Å². The van der Waals surface area contributed by atoms with Crippen LogP contribution in [0.5, 0.6) is 11.5 Å². The maximum atomic E-state index is 5.94. The van der Waals surface area contributed by atoms with Gasteiger partial charge in [-0.25, -0.2) is 0 Å². The van der Waals surface area contributed by atoms with Crippen molar-refractivity contribution in [1.29, 1.82) is 0 Å². The number of hydrogen-bond acceptors (Lipinski definition) is 3. The fourth-order valence-electron chi connectivity index (χ4n) is 2.25. The van der Waals surface area contributed by atoms with Crippen molar-refractivity contribution < 1.29 is 9.47 Å². The molecule has 98 valence electrons. The van der Waals surface area contributed by atoms with Gasteiger partial charge in [-0.05, 0) is 31.9 Å². The average molecular weight is 247 g/mol. The Morgan fingerprint density at radius 2 is 2.17 bits per heavy atom. The molecule has 0 aromatic heterocycles. The lowest BCUT2D eigenvalue weighted by molar-refractivity contribution is 0.285. The summed E-state index contributed by atoms with van der Waals surface area (Å²) in [5.74, 6) is 1.75. The summed E-state index contributed by atoms with van der Waals surface area (Å²) < 4.78 is 11.3. The molecule has 3 nitrogen and oxygen atoms in total. The summed E-state index contributed by atoms with van der Waals surface area (Å²) in [5, 5.41) is 0. The van der Waals surface area contributed by atoms with Gasteiger partial charge in [-0.1, -0.05) is 13.3 Å². The van der Waals surface area contributed by atoms with Crippen molar-refractivity contribution in [2.45, 2.75) is 33.1 Å². The number of unbranched alkanes of at least 4 members (excludes halogenated alkanes) is 1. The van der Waals surface area contributed by atoms with Gasteiger partial charge in [-0.2, -0.15) is 0 Å². The topological polar surface area (TPSA) is 30.8 Å². The van der Waals surface area contributed by atoms with Crippen molar-refractivity contribution in [3.8, 4) is 11.5 Å². The van der Waals surface area contributed by atoms with Gasteiger partial charge in [0.05, 0.1) is 13.7 Å². The van der Waals surface area contributed by atoms with Gasteiger partial charge in [0.2, 0.25) is 0 Å². The van der Waals surface area contributed by atoms with Crippen LogP contribution in [-0.2, 0) is 6.42 Å². The minimum Gasteiger partial charge on any atom is -0.493 e. The lowest BCUT2D eigenvalue weighted by Gasteiger charge is -2.20. The molecule has 3 heteroatoms. The predicted octanol–water partition coefficient (Wildman–Crippen LogP) is 3.24. The van der Waals surface area contributed by atoms with Crippen LogP contribution >= 0.6 is 0 Å². The molecule has 1 aromatic rings. The summed E-state index contributed by atoms with van der Waals surface area (Å²) in [6, 6.07) is 4.06. The zero-order valence-electron chi connectivity index (χ0n) is 11.5. The summed E-state index contributed by atoms with van der Waals surface area (Å²) in [4.78, 5) is 4.48. The molecule has 18 heavy (non-hydrogen) atoms. The molecule has 1 aliphatic heterocycles. The first-order chi connectivity index (χ1) is 8.77. The van der Waals surface area contributed by atoms with E-state index in [-0.39, 0.29) is 0 Å². The molecule has 2 rings (SSSR count). The van der Waals surface area contributed by atoms with Gasteiger partial charge >= 0.3 is 0 Å². The van der Waals surface area contributed by atoms with Gasteiger partial charge in [0, 0.05) is 23.4 Å². The number of hydrogen-bond donors (Lipinski definition) is 0. The van der Waals surface area contributed by atoms with E-state index in [9.17, 15) is 0 Å². The number of rotatable bonds is 5. The Balaban J connectivity index is 2.34. The van der Waals surface area contributed by atoms with Gasteiger partial charge < -0.3 is 9.47 Å². The van der Waals surface area contributed by atoms with Crippen LogP contribution in [0.1, 0.15) is 37.8 Å². The third-order valence-electron chi connectivity index (χ3n) is 3.29. The Labute approximate surface area is 109 Å². The minimum absolute atomic E-state index is 0.750. The van der Waals surface area contributed by atoms with Crippen molar-refractivity contribution in [1.82, 2.24) is 0 Å². The molecule has 0 saturated carbocycles. The number of ether oxygens (including phenoxy) is 2. The molecule has 0 unspecified atom stereocenters. The molecule has 0 bridgehead atoms. The molecule has 0 N–H and O–H groups in total. The Kier molecular flexibility index (Phi) is 4.24. The fourth-order valence-corrected chi connectivity index (χ4v) is 2.25. The highest BCUT2D eigenvalue weighted by Gasteiger charge is 2.19. The molecular formula is C15H21NO2.